The van der Waals surface area contributed by atoms with Crippen molar-refractivity contribution in [2.75, 3.05) is 6.54 Å². The van der Waals surface area contributed by atoms with Crippen LogP contribution >= 0.6 is 15.9 Å². The van der Waals surface area contributed by atoms with Crippen LogP contribution in [0.3, 0.4) is 0 Å². The highest BCUT2D eigenvalue weighted by molar-refractivity contribution is 9.10. The highest BCUT2D eigenvalue weighted by Gasteiger charge is 2.39. The molecule has 0 aliphatic heterocycles. The highest BCUT2D eigenvalue weighted by atomic mass is 79.9. The summed E-state index contributed by atoms with van der Waals surface area (Å²) in [6, 6.07) is 3.27. The first kappa shape index (κ1) is 14.0. The van der Waals surface area contributed by atoms with Gasteiger partial charge in [0.25, 0.3) is 5.91 Å². The molecule has 2 N–H and O–H groups in total. The van der Waals surface area contributed by atoms with E-state index in [0.29, 0.717) is 16.7 Å². The van der Waals surface area contributed by atoms with Crippen LogP contribution in [0.5, 0.6) is 0 Å². The Kier molecular flexibility index (Phi) is 4.19. The van der Waals surface area contributed by atoms with Crippen molar-refractivity contribution in [2.24, 2.45) is 5.41 Å². The monoisotopic (exact) mass is 326 g/mol. The molecule has 0 aromatic carbocycles. The second kappa shape index (κ2) is 5.69. The fourth-order valence-corrected chi connectivity index (χ4v) is 2.69. The summed E-state index contributed by atoms with van der Waals surface area (Å²) in [7, 11) is 0. The van der Waals surface area contributed by atoms with E-state index in [1.54, 1.807) is 18.3 Å². The smallest absolute Gasteiger partial charge is 0.303 e. The number of halogens is 1. The first-order chi connectivity index (χ1) is 9.01. The highest BCUT2D eigenvalue weighted by Crippen LogP contribution is 2.43. The molecular weight excluding hydrogens is 312 g/mol. The van der Waals surface area contributed by atoms with Crippen LogP contribution in [-0.2, 0) is 4.79 Å². The van der Waals surface area contributed by atoms with Gasteiger partial charge >= 0.3 is 5.97 Å². The second-order valence-corrected chi connectivity index (χ2v) is 5.79. The Hall–Kier alpha value is -1.43. The largest absolute Gasteiger partial charge is 0.481 e. The van der Waals surface area contributed by atoms with Gasteiger partial charge in [-0.2, -0.15) is 0 Å². The van der Waals surface area contributed by atoms with Crippen molar-refractivity contribution < 1.29 is 14.7 Å². The third-order valence-corrected chi connectivity index (χ3v) is 3.99. The van der Waals surface area contributed by atoms with E-state index in [4.69, 9.17) is 5.11 Å². The zero-order valence-corrected chi connectivity index (χ0v) is 11.9. The lowest BCUT2D eigenvalue weighted by molar-refractivity contribution is -0.141. The number of aromatic nitrogens is 1. The minimum Gasteiger partial charge on any atom is -0.481 e. The molecule has 1 aromatic heterocycles. The van der Waals surface area contributed by atoms with Crippen LogP contribution in [0.4, 0.5) is 0 Å². The normalized spacial score (nSPS) is 16.5. The Morgan fingerprint density at radius 1 is 1.47 bits per heavy atom. The predicted molar refractivity (Wildman–Crippen MR) is 72.8 cm³/mol. The van der Waals surface area contributed by atoms with Gasteiger partial charge in [0.2, 0.25) is 0 Å². The van der Waals surface area contributed by atoms with Crippen molar-refractivity contribution in [3.05, 3.63) is 28.5 Å². The zero-order chi connectivity index (χ0) is 13.9. The summed E-state index contributed by atoms with van der Waals surface area (Å²) in [5.74, 6) is -1.000. The van der Waals surface area contributed by atoms with E-state index in [1.807, 2.05) is 0 Å². The van der Waals surface area contributed by atoms with Gasteiger partial charge in [0.1, 0.15) is 4.60 Å². The average molecular weight is 327 g/mol. The fraction of sp³-hybridized carbons (Fsp3) is 0.462. The number of carboxylic acid groups (broad SMARTS) is 1. The molecule has 0 spiro atoms. The molecule has 1 aromatic rings. The van der Waals surface area contributed by atoms with E-state index in [1.165, 1.54) is 0 Å². The Bertz CT molecular complexity index is 500. The van der Waals surface area contributed by atoms with Crippen LogP contribution in [0.15, 0.2) is 22.9 Å². The third-order valence-electron chi connectivity index (χ3n) is 3.55. The number of pyridine rings is 1. The number of nitrogens with one attached hydrogen (secondary N) is 1. The van der Waals surface area contributed by atoms with Crippen LogP contribution in [0.2, 0.25) is 0 Å². The van der Waals surface area contributed by atoms with Crippen molar-refractivity contribution in [1.29, 1.82) is 0 Å². The molecule has 1 amide bonds. The first-order valence-electron chi connectivity index (χ1n) is 6.12. The summed E-state index contributed by atoms with van der Waals surface area (Å²) < 4.78 is 0.601. The summed E-state index contributed by atoms with van der Waals surface area (Å²) in [6.07, 6.45) is 4.42. The molecule has 1 aliphatic rings. The number of carboxylic acids is 1. The van der Waals surface area contributed by atoms with Crippen molar-refractivity contribution in [2.45, 2.75) is 25.7 Å². The lowest BCUT2D eigenvalue weighted by Gasteiger charge is -2.40. The molecule has 0 radical (unpaired) electrons. The standard InChI is InChI=1S/C13H15BrN2O3/c14-10-6-9(2-5-15-10)12(19)16-8-13(3-1-4-13)7-11(17)18/h2,5-6H,1,3-4,7-8H2,(H,16,19)(H,17,18). The first-order valence-corrected chi connectivity index (χ1v) is 6.92. The summed E-state index contributed by atoms with van der Waals surface area (Å²) in [6.45, 7) is 0.415. The van der Waals surface area contributed by atoms with E-state index < -0.39 is 5.97 Å². The zero-order valence-electron chi connectivity index (χ0n) is 10.4. The molecule has 0 saturated heterocycles. The van der Waals surface area contributed by atoms with Crippen LogP contribution < -0.4 is 5.32 Å². The van der Waals surface area contributed by atoms with Gasteiger partial charge in [0, 0.05) is 18.3 Å². The molecular formula is C13H15BrN2O3. The summed E-state index contributed by atoms with van der Waals surface area (Å²) in [5.41, 5.74) is 0.262. The van der Waals surface area contributed by atoms with Gasteiger partial charge in [0.05, 0.1) is 6.42 Å². The summed E-state index contributed by atoms with van der Waals surface area (Å²) in [4.78, 5) is 26.8. The van der Waals surface area contributed by atoms with Crippen LogP contribution in [0.1, 0.15) is 36.0 Å². The average Bonchev–Trinajstić information content (AvgIpc) is 2.31. The van der Waals surface area contributed by atoms with Crippen LogP contribution in [0, 0.1) is 5.41 Å². The number of amides is 1. The molecule has 0 atom stereocenters. The van der Waals surface area contributed by atoms with Crippen molar-refractivity contribution in [3.8, 4) is 0 Å². The number of aliphatic carboxylic acids is 1. The van der Waals surface area contributed by atoms with E-state index >= 15 is 0 Å². The van der Waals surface area contributed by atoms with Crippen LogP contribution in [-0.4, -0.2) is 28.5 Å². The maximum atomic E-state index is 12.0. The molecule has 0 bridgehead atoms. The van der Waals surface area contributed by atoms with Gasteiger partial charge in [-0.1, -0.05) is 6.42 Å². The van der Waals surface area contributed by atoms with Gasteiger partial charge in [-0.3, -0.25) is 9.59 Å². The molecule has 1 aliphatic carbocycles. The minimum atomic E-state index is -0.805. The SMILES string of the molecule is O=C(O)CC1(CNC(=O)c2ccnc(Br)c2)CCC1. The lowest BCUT2D eigenvalue weighted by Crippen LogP contribution is -2.43. The Morgan fingerprint density at radius 3 is 2.74 bits per heavy atom. The molecule has 6 heteroatoms. The number of carbonyl (C=O) groups is 2. The van der Waals surface area contributed by atoms with Gasteiger partial charge in [-0.25, -0.2) is 4.98 Å². The van der Waals surface area contributed by atoms with E-state index in [9.17, 15) is 9.59 Å². The fourth-order valence-electron chi connectivity index (χ4n) is 2.33. The van der Waals surface area contributed by atoms with E-state index in [-0.39, 0.29) is 17.7 Å². The molecule has 1 heterocycles. The van der Waals surface area contributed by atoms with E-state index in [2.05, 4.69) is 26.2 Å². The number of hydrogen-bond donors (Lipinski definition) is 2. The molecule has 1 saturated carbocycles. The van der Waals surface area contributed by atoms with Gasteiger partial charge in [0.15, 0.2) is 0 Å². The quantitative estimate of drug-likeness (QED) is 0.813. The Morgan fingerprint density at radius 2 is 2.21 bits per heavy atom. The van der Waals surface area contributed by atoms with Crippen molar-refractivity contribution in [3.63, 3.8) is 0 Å². The summed E-state index contributed by atoms with van der Waals surface area (Å²) >= 11 is 3.21. The van der Waals surface area contributed by atoms with Crippen molar-refractivity contribution in [1.82, 2.24) is 10.3 Å². The number of carbonyl (C=O) groups excluding carboxylic acids is 1. The number of nitrogens with zero attached hydrogens (tertiary/aromatic N) is 1. The molecule has 102 valence electrons. The van der Waals surface area contributed by atoms with Crippen LogP contribution in [0.25, 0.3) is 0 Å². The minimum absolute atomic E-state index is 0.118. The molecule has 1 fully saturated rings. The lowest BCUT2D eigenvalue weighted by atomic mass is 9.66. The Balaban J connectivity index is 1.94. The van der Waals surface area contributed by atoms with Gasteiger partial charge in [-0.05, 0) is 46.3 Å². The second-order valence-electron chi connectivity index (χ2n) is 4.97. The molecule has 5 nitrogen and oxygen atoms in total. The maximum Gasteiger partial charge on any atom is 0.303 e. The third kappa shape index (κ3) is 3.53. The maximum absolute atomic E-state index is 12.0. The van der Waals surface area contributed by atoms with E-state index in [0.717, 1.165) is 19.3 Å². The van der Waals surface area contributed by atoms with Gasteiger partial charge in [-0.15, -0.1) is 0 Å². The van der Waals surface area contributed by atoms with Crippen molar-refractivity contribution >= 4 is 27.8 Å². The topological polar surface area (TPSA) is 79.3 Å². The number of hydrogen-bond acceptors (Lipinski definition) is 3. The number of rotatable bonds is 5. The predicted octanol–water partition coefficient (Wildman–Crippen LogP) is 2.22. The molecule has 19 heavy (non-hydrogen) atoms. The summed E-state index contributed by atoms with van der Waals surface area (Å²) in [5, 5.41) is 11.7. The molecule has 2 rings (SSSR count). The van der Waals surface area contributed by atoms with Gasteiger partial charge < -0.3 is 10.4 Å². The molecule has 0 unspecified atom stereocenters. The Labute approximate surface area is 119 Å².